The fraction of sp³-hybridized carbons (Fsp3) is 0.833. The third-order valence-corrected chi connectivity index (χ3v) is 1.30. The number of halogens is 1. The molecule has 0 aromatic carbocycles. The molecule has 0 aliphatic carbocycles. The number of ether oxygens (including phenoxy) is 1. The summed E-state index contributed by atoms with van der Waals surface area (Å²) in [6, 6.07) is -0.162. The Balaban J connectivity index is 3.16. The molecule has 0 rings (SSSR count). The maximum atomic E-state index is 10.7. The number of hydrogen-bond donors (Lipinski definition) is 0. The molecule has 0 saturated carbocycles. The van der Waals surface area contributed by atoms with Gasteiger partial charge in [0.2, 0.25) is 0 Å². The van der Waals surface area contributed by atoms with E-state index < -0.39 is 11.1 Å². The van der Waals surface area contributed by atoms with Crippen LogP contribution >= 0.6 is 11.6 Å². The van der Waals surface area contributed by atoms with Crippen molar-refractivity contribution in [2.45, 2.75) is 19.3 Å². The van der Waals surface area contributed by atoms with Gasteiger partial charge >= 0.3 is 5.97 Å². The maximum absolute atomic E-state index is 10.7. The van der Waals surface area contributed by atoms with Crippen LogP contribution in [0.25, 0.3) is 0 Å². The van der Waals surface area contributed by atoms with E-state index in [4.69, 9.17) is 11.6 Å². The van der Waals surface area contributed by atoms with Crippen LogP contribution < -0.4 is 0 Å². The van der Waals surface area contributed by atoms with Crippen LogP contribution in [0.15, 0.2) is 0 Å². The van der Waals surface area contributed by atoms with Crippen molar-refractivity contribution < 1.29 is 19.5 Å². The molecule has 0 saturated heterocycles. The van der Waals surface area contributed by atoms with Crippen molar-refractivity contribution in [2.75, 3.05) is 12.7 Å². The molecule has 0 heterocycles. The summed E-state index contributed by atoms with van der Waals surface area (Å²) in [7, 11) is 0. The largest absolute Gasteiger partial charge is 0.449 e. The van der Waals surface area contributed by atoms with Crippen LogP contribution in [0.2, 0.25) is 0 Å². The zero-order chi connectivity index (χ0) is 10.1. The molecule has 0 spiro atoms. The van der Waals surface area contributed by atoms with Crippen LogP contribution in [0.1, 0.15) is 19.3 Å². The van der Waals surface area contributed by atoms with Gasteiger partial charge in [-0.1, -0.05) is 11.6 Å². The first-order valence-electron chi connectivity index (χ1n) is 3.65. The minimum Gasteiger partial charge on any atom is -0.449 e. The summed E-state index contributed by atoms with van der Waals surface area (Å²) in [5, 5.41) is 8.81. The van der Waals surface area contributed by atoms with Crippen molar-refractivity contribution in [1.29, 1.82) is 0 Å². The third kappa shape index (κ3) is 8.87. The fourth-order valence-corrected chi connectivity index (χ4v) is 0.765. The van der Waals surface area contributed by atoms with Gasteiger partial charge in [-0.25, -0.2) is 0 Å². The smallest absolute Gasteiger partial charge is 0.306 e. The molecular weight excluding hydrogens is 202 g/mol. The van der Waals surface area contributed by atoms with Gasteiger partial charge in [0.15, 0.2) is 6.07 Å². The normalized spacial score (nSPS) is 9.31. The summed E-state index contributed by atoms with van der Waals surface area (Å²) in [5.41, 5.74) is 0. The topological polar surface area (TPSA) is 78.7 Å². The van der Waals surface area contributed by atoms with Gasteiger partial charge in [0.05, 0.1) is 6.61 Å². The summed E-state index contributed by atoms with van der Waals surface area (Å²) in [4.78, 5) is 24.4. The van der Waals surface area contributed by atoms with E-state index in [1.807, 2.05) is 0 Å². The second-order valence-electron chi connectivity index (χ2n) is 2.14. The van der Waals surface area contributed by atoms with Crippen molar-refractivity contribution in [1.82, 2.24) is 0 Å². The molecule has 0 aromatic heterocycles. The van der Waals surface area contributed by atoms with Gasteiger partial charge in [-0.05, 0) is 12.8 Å². The van der Waals surface area contributed by atoms with E-state index in [0.29, 0.717) is 12.8 Å². The van der Waals surface area contributed by atoms with Crippen molar-refractivity contribution in [3.63, 3.8) is 0 Å². The molecule has 0 aromatic rings. The van der Waals surface area contributed by atoms with E-state index in [-0.39, 0.29) is 19.1 Å². The molecule has 0 unspecified atom stereocenters. The van der Waals surface area contributed by atoms with Gasteiger partial charge in [-0.2, -0.15) is 0 Å². The molecule has 0 fully saturated rings. The van der Waals surface area contributed by atoms with Gasteiger partial charge < -0.3 is 9.57 Å². The van der Waals surface area contributed by atoms with Crippen molar-refractivity contribution >= 4 is 17.6 Å². The highest BCUT2D eigenvalue weighted by molar-refractivity contribution is 6.17. The van der Waals surface area contributed by atoms with Gasteiger partial charge in [-0.15, -0.1) is 10.1 Å². The first-order chi connectivity index (χ1) is 6.16. The highest BCUT2D eigenvalue weighted by Gasteiger charge is 2.01. The molecule has 76 valence electrons. The van der Waals surface area contributed by atoms with E-state index in [0.717, 1.165) is 0 Å². The number of rotatable bonds is 7. The maximum Gasteiger partial charge on any atom is 0.306 e. The van der Waals surface area contributed by atoms with E-state index >= 15 is 0 Å². The number of esters is 1. The molecule has 0 bridgehead atoms. The second kappa shape index (κ2) is 7.60. The number of nitrogens with zero attached hydrogens (tertiary/aromatic N) is 1. The Morgan fingerprint density at radius 2 is 2.15 bits per heavy atom. The molecule has 0 amide bonds. The molecule has 13 heavy (non-hydrogen) atoms. The van der Waals surface area contributed by atoms with Crippen LogP contribution in [-0.4, -0.2) is 23.7 Å². The molecule has 0 aliphatic heterocycles. The average Bonchev–Trinajstić information content (AvgIpc) is 2.03. The van der Waals surface area contributed by atoms with Gasteiger partial charge in [0.1, 0.15) is 0 Å². The second-order valence-corrected chi connectivity index (χ2v) is 2.36. The Kier molecular flexibility index (Phi) is 6.99. The quantitative estimate of drug-likeness (QED) is 0.207. The molecule has 0 radical (unpaired) electrons. The van der Waals surface area contributed by atoms with Crippen LogP contribution in [0.4, 0.5) is 0 Å². The number of hydrogen-bond acceptors (Lipinski definition) is 5. The van der Waals surface area contributed by atoms with Crippen LogP contribution in [0.5, 0.6) is 0 Å². The average molecular weight is 212 g/mol. The van der Waals surface area contributed by atoms with Crippen molar-refractivity contribution in [3.05, 3.63) is 10.1 Å². The molecule has 7 heteroatoms. The highest BCUT2D eigenvalue weighted by atomic mass is 35.5. The number of carbonyl (C=O) groups is 1. The molecule has 0 N–H and O–H groups in total. The van der Waals surface area contributed by atoms with Gasteiger partial charge in [0.25, 0.3) is 5.09 Å². The Hall–Kier alpha value is -1.04. The van der Waals surface area contributed by atoms with E-state index in [2.05, 4.69) is 9.57 Å². The lowest BCUT2D eigenvalue weighted by Gasteiger charge is -1.99. The predicted molar refractivity (Wildman–Crippen MR) is 43.6 cm³/mol. The molecule has 0 aliphatic rings. The predicted octanol–water partition coefficient (Wildman–Crippen LogP) is 1.10. The van der Waals surface area contributed by atoms with Crippen molar-refractivity contribution in [3.8, 4) is 0 Å². The molecule has 0 atom stereocenters. The Morgan fingerprint density at radius 3 is 2.69 bits per heavy atom. The number of unbranched alkanes of at least 4 members (excludes halogenated alkanes) is 1. The minimum atomic E-state index is -0.864. The monoisotopic (exact) mass is 211 g/mol. The lowest BCUT2D eigenvalue weighted by atomic mass is 10.2. The lowest BCUT2D eigenvalue weighted by Crippen LogP contribution is -2.05. The Morgan fingerprint density at radius 1 is 1.46 bits per heavy atom. The van der Waals surface area contributed by atoms with Crippen LogP contribution in [-0.2, 0) is 14.4 Å². The van der Waals surface area contributed by atoms with E-state index in [1.165, 1.54) is 0 Å². The molecular formula is C6H10ClNO5. The fourth-order valence-electron chi connectivity index (χ4n) is 0.644. The van der Waals surface area contributed by atoms with E-state index in [1.54, 1.807) is 0 Å². The number of alkyl halides is 1. The zero-order valence-corrected chi connectivity index (χ0v) is 7.66. The highest BCUT2D eigenvalue weighted by Crippen LogP contribution is 1.98. The Bertz CT molecular complexity index is 174. The number of carbonyl (C=O) groups excluding carboxylic acids is 1. The van der Waals surface area contributed by atoms with E-state index in [9.17, 15) is 14.9 Å². The standard InChI is InChI=1S/C6H10ClNO5/c7-5-12-6(9)3-1-2-4-13-8(10)11/h1-5H2. The minimum absolute atomic E-state index is 0.00115. The molecule has 6 nitrogen and oxygen atoms in total. The van der Waals surface area contributed by atoms with Crippen molar-refractivity contribution in [2.24, 2.45) is 0 Å². The summed E-state index contributed by atoms with van der Waals surface area (Å²) < 4.78 is 4.42. The van der Waals surface area contributed by atoms with Gasteiger partial charge in [0, 0.05) is 6.42 Å². The SMILES string of the molecule is O=C(CCCCO[N+](=O)[O-])OCCl. The van der Waals surface area contributed by atoms with Gasteiger partial charge in [-0.3, -0.25) is 4.79 Å². The Labute approximate surface area is 79.9 Å². The lowest BCUT2D eigenvalue weighted by molar-refractivity contribution is -0.757. The zero-order valence-electron chi connectivity index (χ0n) is 6.90. The summed E-state index contributed by atoms with van der Waals surface area (Å²) >= 11 is 5.12. The summed E-state index contributed by atoms with van der Waals surface area (Å²) in [6.07, 6.45) is 1.13. The van der Waals surface area contributed by atoms with Crippen LogP contribution in [0.3, 0.4) is 0 Å². The van der Waals surface area contributed by atoms with Crippen LogP contribution in [0, 0.1) is 10.1 Å². The summed E-state index contributed by atoms with van der Waals surface area (Å²) in [5.74, 6) is -0.406. The first-order valence-corrected chi connectivity index (χ1v) is 4.19. The summed E-state index contributed by atoms with van der Waals surface area (Å²) in [6.45, 7) is 0.00115. The third-order valence-electron chi connectivity index (χ3n) is 1.19. The first kappa shape index (κ1) is 12.0.